The van der Waals surface area contributed by atoms with Crippen LogP contribution in [0.15, 0.2) is 78.9 Å². The molecule has 0 radical (unpaired) electrons. The van der Waals surface area contributed by atoms with Crippen LogP contribution in [-0.2, 0) is 32.6 Å². The van der Waals surface area contributed by atoms with Crippen LogP contribution in [0, 0.1) is 5.92 Å². The molecule has 0 aromatic heterocycles. The number of halogens is 2. The Labute approximate surface area is 253 Å². The molecule has 220 valence electrons. The van der Waals surface area contributed by atoms with Gasteiger partial charge < -0.3 is 10.2 Å². The fourth-order valence-corrected chi connectivity index (χ4v) is 5.70. The van der Waals surface area contributed by atoms with Crippen molar-refractivity contribution in [3.63, 3.8) is 0 Å². The normalized spacial score (nSPS) is 12.1. The van der Waals surface area contributed by atoms with Crippen LogP contribution in [0.25, 0.3) is 0 Å². The van der Waals surface area contributed by atoms with Crippen molar-refractivity contribution in [2.45, 2.75) is 45.7 Å². The minimum atomic E-state index is -3.56. The lowest BCUT2D eigenvalue weighted by molar-refractivity contribution is -0.141. The van der Waals surface area contributed by atoms with Crippen molar-refractivity contribution in [2.75, 3.05) is 23.7 Å². The van der Waals surface area contributed by atoms with E-state index < -0.39 is 16.1 Å². The van der Waals surface area contributed by atoms with Crippen molar-refractivity contribution >= 4 is 50.7 Å². The van der Waals surface area contributed by atoms with Gasteiger partial charge in [0.1, 0.15) is 6.04 Å². The fraction of sp³-hybridized carbons (Fsp3) is 0.355. The maximum Gasteiger partial charge on any atom is 0.243 e. The van der Waals surface area contributed by atoms with Gasteiger partial charge in [-0.2, -0.15) is 0 Å². The van der Waals surface area contributed by atoms with Gasteiger partial charge in [0.25, 0.3) is 0 Å². The molecule has 0 aliphatic carbocycles. The molecule has 10 heteroatoms. The standard InChI is InChI=1S/C31H37Cl2N3O4S/c1-23(2)21-34-31(38)29(20-24-11-6-4-7-12-24)35(22-25-16-17-27(32)28(33)19-25)30(37)15-10-18-36(41(3,39)40)26-13-8-5-9-14-26/h4-9,11-14,16-17,19,23,29H,10,15,18,20-22H2,1-3H3,(H,34,38)/t29-/m0/s1. The molecule has 3 aromatic carbocycles. The predicted molar refractivity (Wildman–Crippen MR) is 167 cm³/mol. The molecule has 0 aliphatic rings. The average Bonchev–Trinajstić information content (AvgIpc) is 2.93. The number of amides is 2. The Hall–Kier alpha value is -3.07. The van der Waals surface area contributed by atoms with E-state index in [0.717, 1.165) is 17.4 Å². The summed E-state index contributed by atoms with van der Waals surface area (Å²) in [4.78, 5) is 29.0. The fourth-order valence-electron chi connectivity index (χ4n) is 4.41. The lowest BCUT2D eigenvalue weighted by Gasteiger charge is -2.32. The van der Waals surface area contributed by atoms with Crippen molar-refractivity contribution in [1.29, 1.82) is 0 Å². The van der Waals surface area contributed by atoms with Crippen LogP contribution in [0.5, 0.6) is 0 Å². The number of rotatable bonds is 14. The summed E-state index contributed by atoms with van der Waals surface area (Å²) in [5.74, 6) is -0.285. The first kappa shape index (κ1) is 32.4. The third-order valence-electron chi connectivity index (χ3n) is 6.49. The van der Waals surface area contributed by atoms with Gasteiger partial charge in [0.05, 0.1) is 22.0 Å². The Morgan fingerprint density at radius 3 is 2.10 bits per heavy atom. The molecule has 0 fully saturated rings. The summed E-state index contributed by atoms with van der Waals surface area (Å²) in [7, 11) is -3.56. The number of anilines is 1. The van der Waals surface area contributed by atoms with Crippen LogP contribution in [0.1, 0.15) is 37.8 Å². The summed E-state index contributed by atoms with van der Waals surface area (Å²) in [5.41, 5.74) is 2.17. The van der Waals surface area contributed by atoms with Gasteiger partial charge in [0.15, 0.2) is 0 Å². The zero-order valence-electron chi connectivity index (χ0n) is 23.6. The van der Waals surface area contributed by atoms with Gasteiger partial charge in [-0.1, -0.05) is 91.6 Å². The summed E-state index contributed by atoms with van der Waals surface area (Å²) in [6, 6.07) is 22.7. The van der Waals surface area contributed by atoms with Crippen LogP contribution in [0.4, 0.5) is 5.69 Å². The molecule has 7 nitrogen and oxygen atoms in total. The van der Waals surface area contributed by atoms with Crippen molar-refractivity contribution in [3.05, 3.63) is 100 Å². The van der Waals surface area contributed by atoms with Crippen LogP contribution < -0.4 is 9.62 Å². The van der Waals surface area contributed by atoms with E-state index in [4.69, 9.17) is 23.2 Å². The number of nitrogens with zero attached hydrogens (tertiary/aromatic N) is 2. The first-order chi connectivity index (χ1) is 19.5. The second-order valence-electron chi connectivity index (χ2n) is 10.4. The van der Waals surface area contributed by atoms with E-state index >= 15 is 0 Å². The van der Waals surface area contributed by atoms with Crippen LogP contribution >= 0.6 is 23.2 Å². The topological polar surface area (TPSA) is 86.8 Å². The maximum atomic E-state index is 13.9. The molecule has 0 unspecified atom stereocenters. The highest BCUT2D eigenvalue weighted by Crippen LogP contribution is 2.25. The second kappa shape index (κ2) is 15.2. The van der Waals surface area contributed by atoms with E-state index in [0.29, 0.717) is 28.7 Å². The first-order valence-electron chi connectivity index (χ1n) is 13.5. The van der Waals surface area contributed by atoms with Gasteiger partial charge in [0.2, 0.25) is 21.8 Å². The van der Waals surface area contributed by atoms with Gasteiger partial charge in [0, 0.05) is 32.5 Å². The van der Waals surface area contributed by atoms with E-state index in [1.807, 2.05) is 50.2 Å². The summed E-state index contributed by atoms with van der Waals surface area (Å²) in [6.45, 7) is 4.74. The lowest BCUT2D eigenvalue weighted by Crippen LogP contribution is -2.51. The molecule has 3 aromatic rings. The highest BCUT2D eigenvalue weighted by molar-refractivity contribution is 7.92. The average molecular weight is 619 g/mol. The third-order valence-corrected chi connectivity index (χ3v) is 8.42. The highest BCUT2D eigenvalue weighted by atomic mass is 35.5. The van der Waals surface area contributed by atoms with E-state index in [-0.39, 0.29) is 43.7 Å². The summed E-state index contributed by atoms with van der Waals surface area (Å²) < 4.78 is 26.3. The van der Waals surface area contributed by atoms with Crippen molar-refractivity contribution in [3.8, 4) is 0 Å². The number of hydrogen-bond acceptors (Lipinski definition) is 4. The quantitative estimate of drug-likeness (QED) is 0.242. The molecule has 1 atom stereocenters. The van der Waals surface area contributed by atoms with Gasteiger partial charge in [-0.05, 0) is 47.7 Å². The molecule has 0 bridgehead atoms. The molecular formula is C31H37Cl2N3O4S. The number of benzene rings is 3. The van der Waals surface area contributed by atoms with E-state index in [1.165, 1.54) is 4.31 Å². The molecule has 0 heterocycles. The van der Waals surface area contributed by atoms with E-state index in [1.54, 1.807) is 47.4 Å². The smallest absolute Gasteiger partial charge is 0.243 e. The van der Waals surface area contributed by atoms with Crippen LogP contribution in [0.3, 0.4) is 0 Å². The number of nitrogens with one attached hydrogen (secondary N) is 1. The second-order valence-corrected chi connectivity index (χ2v) is 13.1. The minimum Gasteiger partial charge on any atom is -0.354 e. The zero-order chi connectivity index (χ0) is 30.0. The molecule has 1 N–H and O–H groups in total. The monoisotopic (exact) mass is 617 g/mol. The highest BCUT2D eigenvalue weighted by Gasteiger charge is 2.30. The van der Waals surface area contributed by atoms with E-state index in [2.05, 4.69) is 5.32 Å². The largest absolute Gasteiger partial charge is 0.354 e. The number of carbonyl (C=O) groups excluding carboxylic acids is 2. The van der Waals surface area contributed by atoms with Crippen molar-refractivity contribution in [2.24, 2.45) is 5.92 Å². The van der Waals surface area contributed by atoms with Crippen molar-refractivity contribution < 1.29 is 18.0 Å². The Kier molecular flexibility index (Phi) is 12.1. The lowest BCUT2D eigenvalue weighted by atomic mass is 10.0. The summed E-state index contributed by atoms with van der Waals surface area (Å²) >= 11 is 12.4. The molecule has 0 spiro atoms. The summed E-state index contributed by atoms with van der Waals surface area (Å²) in [6.07, 6.45) is 1.78. The SMILES string of the molecule is CC(C)CNC(=O)[C@H](Cc1ccccc1)N(Cc1ccc(Cl)c(Cl)c1)C(=O)CCCN(c1ccccc1)S(C)(=O)=O. The predicted octanol–water partition coefficient (Wildman–Crippen LogP) is 5.95. The molecule has 0 saturated heterocycles. The third kappa shape index (κ3) is 10.1. The molecule has 3 rings (SSSR count). The Balaban J connectivity index is 1.89. The number of carbonyl (C=O) groups is 2. The van der Waals surface area contributed by atoms with Crippen molar-refractivity contribution in [1.82, 2.24) is 10.2 Å². The molecule has 0 saturated carbocycles. The van der Waals surface area contributed by atoms with Gasteiger partial charge >= 0.3 is 0 Å². The van der Waals surface area contributed by atoms with Crippen LogP contribution in [-0.4, -0.2) is 50.5 Å². The molecule has 41 heavy (non-hydrogen) atoms. The number of para-hydroxylation sites is 1. The Morgan fingerprint density at radius 2 is 1.51 bits per heavy atom. The summed E-state index contributed by atoms with van der Waals surface area (Å²) in [5, 5.41) is 3.74. The maximum absolute atomic E-state index is 13.9. The van der Waals surface area contributed by atoms with Gasteiger partial charge in [-0.15, -0.1) is 0 Å². The molecule has 0 aliphatic heterocycles. The van der Waals surface area contributed by atoms with Crippen LogP contribution in [0.2, 0.25) is 10.0 Å². The number of sulfonamides is 1. The molecule has 2 amide bonds. The van der Waals surface area contributed by atoms with Gasteiger partial charge in [-0.25, -0.2) is 8.42 Å². The first-order valence-corrected chi connectivity index (χ1v) is 16.1. The zero-order valence-corrected chi connectivity index (χ0v) is 25.9. The van der Waals surface area contributed by atoms with Gasteiger partial charge in [-0.3, -0.25) is 13.9 Å². The molecular weight excluding hydrogens is 581 g/mol. The Morgan fingerprint density at radius 1 is 0.878 bits per heavy atom. The Bertz CT molecular complexity index is 1400. The number of hydrogen-bond donors (Lipinski definition) is 1. The van der Waals surface area contributed by atoms with E-state index in [9.17, 15) is 18.0 Å². The minimum absolute atomic E-state index is 0.0446.